The van der Waals surface area contributed by atoms with Crippen LogP contribution < -0.4 is 4.74 Å². The number of hydrogen-bond acceptors (Lipinski definition) is 5. The van der Waals surface area contributed by atoms with Gasteiger partial charge in [-0.15, -0.1) is 0 Å². The van der Waals surface area contributed by atoms with Gasteiger partial charge in [-0.1, -0.05) is 36.7 Å². The van der Waals surface area contributed by atoms with E-state index in [9.17, 15) is 14.4 Å². The molecule has 1 fully saturated rings. The second-order valence-corrected chi connectivity index (χ2v) is 8.92. The Balaban J connectivity index is 1.92. The lowest BCUT2D eigenvalue weighted by molar-refractivity contribution is -0.135. The Morgan fingerprint density at radius 1 is 1.03 bits per heavy atom. The molecule has 9 heteroatoms. The molecular formula is C22H28Cl2N2O5. The van der Waals surface area contributed by atoms with Crippen molar-refractivity contribution >= 4 is 41.0 Å². The van der Waals surface area contributed by atoms with Gasteiger partial charge in [0.25, 0.3) is 5.91 Å². The number of piperazine rings is 1. The number of hydrogen-bond donors (Lipinski definition) is 0. The maximum Gasteiger partial charge on any atom is 0.410 e. The highest BCUT2D eigenvalue weighted by atomic mass is 35.5. The summed E-state index contributed by atoms with van der Waals surface area (Å²) < 4.78 is 10.9. The fraction of sp³-hybridized carbons (Fsp3) is 0.500. The molecule has 1 aromatic carbocycles. The summed E-state index contributed by atoms with van der Waals surface area (Å²) in [5, 5.41) is 0.135. The van der Waals surface area contributed by atoms with Gasteiger partial charge in [-0.05, 0) is 44.9 Å². The van der Waals surface area contributed by atoms with Gasteiger partial charge in [-0.25, -0.2) is 4.79 Å². The number of ether oxygens (including phenoxy) is 2. The molecule has 2 rings (SSSR count). The van der Waals surface area contributed by atoms with Crippen molar-refractivity contribution in [1.82, 2.24) is 9.80 Å². The second-order valence-electron chi connectivity index (χ2n) is 8.16. The zero-order chi connectivity index (χ0) is 23.3. The lowest BCUT2D eigenvalue weighted by Gasteiger charge is -2.35. The van der Waals surface area contributed by atoms with Crippen molar-refractivity contribution in [1.29, 1.82) is 0 Å². The minimum atomic E-state index is -0.567. The van der Waals surface area contributed by atoms with Crippen LogP contribution in [0.25, 0.3) is 0 Å². The number of Topliss-reactive ketones (excluding diaryl/α,β-unsaturated/α-hetero) is 1. The van der Waals surface area contributed by atoms with E-state index in [2.05, 4.69) is 6.58 Å². The SMILES string of the molecule is C=C(CC)C(=O)c1ccc(OCC(=O)N2CCN(C(=O)OC(C)(C)C)CC2)c(Cl)c1Cl. The summed E-state index contributed by atoms with van der Waals surface area (Å²) >= 11 is 12.5. The van der Waals surface area contributed by atoms with Crippen molar-refractivity contribution in [2.24, 2.45) is 0 Å². The van der Waals surface area contributed by atoms with Gasteiger partial charge in [-0.2, -0.15) is 0 Å². The van der Waals surface area contributed by atoms with Crippen LogP contribution >= 0.6 is 23.2 Å². The highest BCUT2D eigenvalue weighted by molar-refractivity contribution is 6.45. The van der Waals surface area contributed by atoms with E-state index >= 15 is 0 Å². The van der Waals surface area contributed by atoms with Gasteiger partial charge >= 0.3 is 6.09 Å². The summed E-state index contributed by atoms with van der Waals surface area (Å²) in [6.07, 6.45) is 0.110. The molecule has 1 aliphatic heterocycles. The summed E-state index contributed by atoms with van der Waals surface area (Å²) in [6, 6.07) is 3.02. The van der Waals surface area contributed by atoms with Crippen LogP contribution in [-0.2, 0) is 9.53 Å². The van der Waals surface area contributed by atoms with Crippen molar-refractivity contribution in [2.75, 3.05) is 32.8 Å². The molecule has 170 valence electrons. The first-order chi connectivity index (χ1) is 14.4. The minimum Gasteiger partial charge on any atom is -0.482 e. The molecule has 0 aromatic heterocycles. The first-order valence-electron chi connectivity index (χ1n) is 10.0. The van der Waals surface area contributed by atoms with Crippen molar-refractivity contribution in [3.05, 3.63) is 39.9 Å². The van der Waals surface area contributed by atoms with Crippen LogP contribution in [0.5, 0.6) is 5.75 Å². The predicted molar refractivity (Wildman–Crippen MR) is 120 cm³/mol. The van der Waals surface area contributed by atoms with Crippen LogP contribution in [0.4, 0.5) is 4.79 Å². The lowest BCUT2D eigenvalue weighted by Crippen LogP contribution is -2.52. The van der Waals surface area contributed by atoms with Crippen molar-refractivity contribution < 1.29 is 23.9 Å². The van der Waals surface area contributed by atoms with E-state index in [0.29, 0.717) is 38.2 Å². The average molecular weight is 471 g/mol. The lowest BCUT2D eigenvalue weighted by atomic mass is 10.0. The molecule has 1 aromatic rings. The van der Waals surface area contributed by atoms with Crippen molar-refractivity contribution in [2.45, 2.75) is 39.7 Å². The topological polar surface area (TPSA) is 76.2 Å². The van der Waals surface area contributed by atoms with Gasteiger partial charge in [0, 0.05) is 31.7 Å². The average Bonchev–Trinajstić information content (AvgIpc) is 2.72. The summed E-state index contributed by atoms with van der Waals surface area (Å²) in [7, 11) is 0. The van der Waals surface area contributed by atoms with Crippen LogP contribution in [0.2, 0.25) is 10.0 Å². The number of rotatable bonds is 6. The Bertz CT molecular complexity index is 871. The molecule has 2 amide bonds. The summed E-state index contributed by atoms with van der Waals surface area (Å²) in [5.74, 6) is -0.304. The molecule has 0 bridgehead atoms. The third-order valence-electron chi connectivity index (χ3n) is 4.67. The van der Waals surface area contributed by atoms with Gasteiger partial charge < -0.3 is 19.3 Å². The first kappa shape index (κ1) is 25.0. The fourth-order valence-corrected chi connectivity index (χ4v) is 3.33. The van der Waals surface area contributed by atoms with Crippen molar-refractivity contribution in [3.8, 4) is 5.75 Å². The van der Waals surface area contributed by atoms with Crippen LogP contribution in [0, 0.1) is 0 Å². The molecule has 0 N–H and O–H groups in total. The van der Waals surface area contributed by atoms with E-state index in [1.165, 1.54) is 12.1 Å². The molecule has 7 nitrogen and oxygen atoms in total. The van der Waals surface area contributed by atoms with E-state index in [0.717, 1.165) is 0 Å². The number of amides is 2. The Morgan fingerprint density at radius 2 is 1.61 bits per heavy atom. The van der Waals surface area contributed by atoms with Gasteiger partial charge in [-0.3, -0.25) is 9.59 Å². The molecule has 0 saturated carbocycles. The monoisotopic (exact) mass is 470 g/mol. The molecular weight excluding hydrogens is 443 g/mol. The Morgan fingerprint density at radius 3 is 2.16 bits per heavy atom. The van der Waals surface area contributed by atoms with Crippen LogP contribution in [0.15, 0.2) is 24.3 Å². The fourth-order valence-electron chi connectivity index (χ4n) is 2.87. The number of carbonyl (C=O) groups is 3. The van der Waals surface area contributed by atoms with E-state index in [1.807, 2.05) is 27.7 Å². The standard InChI is InChI=1S/C22H28Cl2N2O5/c1-6-14(2)20(28)15-7-8-16(19(24)18(15)23)30-13-17(27)25-9-11-26(12-10-25)21(29)31-22(3,4)5/h7-8H,2,6,9-13H2,1,3-5H3. The van der Waals surface area contributed by atoms with Crippen molar-refractivity contribution in [3.63, 3.8) is 0 Å². The molecule has 0 radical (unpaired) electrons. The van der Waals surface area contributed by atoms with E-state index < -0.39 is 11.7 Å². The normalized spacial score (nSPS) is 14.3. The maximum atomic E-state index is 12.5. The number of nitrogens with zero attached hydrogens (tertiary/aromatic N) is 2. The van der Waals surface area contributed by atoms with Gasteiger partial charge in [0.1, 0.15) is 16.4 Å². The number of benzene rings is 1. The quantitative estimate of drug-likeness (QED) is 0.448. The number of allylic oxidation sites excluding steroid dienone is 1. The van der Waals surface area contributed by atoms with Gasteiger partial charge in [0.2, 0.25) is 0 Å². The number of halogens is 2. The second kappa shape index (κ2) is 10.4. The van der Waals surface area contributed by atoms with Gasteiger partial charge in [0.15, 0.2) is 12.4 Å². The summed E-state index contributed by atoms with van der Waals surface area (Å²) in [4.78, 5) is 40.1. The van der Waals surface area contributed by atoms with E-state index in [-0.39, 0.29) is 39.7 Å². The molecule has 1 aliphatic rings. The summed E-state index contributed by atoms with van der Waals surface area (Å²) in [6.45, 7) is 12.2. The van der Waals surface area contributed by atoms with Gasteiger partial charge in [0.05, 0.1) is 5.02 Å². The van der Waals surface area contributed by atoms with Crippen LogP contribution in [-0.4, -0.2) is 66.0 Å². The highest BCUT2D eigenvalue weighted by Crippen LogP contribution is 2.35. The predicted octanol–water partition coefficient (Wildman–Crippen LogP) is 4.60. The highest BCUT2D eigenvalue weighted by Gasteiger charge is 2.28. The molecule has 1 saturated heterocycles. The Labute approximate surface area is 192 Å². The third-order valence-corrected chi connectivity index (χ3v) is 5.54. The zero-order valence-corrected chi connectivity index (χ0v) is 19.8. The third kappa shape index (κ3) is 6.61. The van der Waals surface area contributed by atoms with E-state index in [1.54, 1.807) is 9.80 Å². The van der Waals surface area contributed by atoms with Crippen LogP contribution in [0.3, 0.4) is 0 Å². The van der Waals surface area contributed by atoms with E-state index in [4.69, 9.17) is 32.7 Å². The molecule has 0 spiro atoms. The van der Waals surface area contributed by atoms with Crippen LogP contribution in [0.1, 0.15) is 44.5 Å². The summed E-state index contributed by atoms with van der Waals surface area (Å²) in [5.41, 5.74) is 0.102. The number of carbonyl (C=O) groups excluding carboxylic acids is 3. The molecule has 0 atom stereocenters. The molecule has 31 heavy (non-hydrogen) atoms. The zero-order valence-electron chi connectivity index (χ0n) is 18.3. The minimum absolute atomic E-state index is 0.0668. The maximum absolute atomic E-state index is 12.5. The molecule has 0 unspecified atom stereocenters. The molecule has 0 aliphatic carbocycles. The Kier molecular flexibility index (Phi) is 8.37. The number of ketones is 1. The first-order valence-corrected chi connectivity index (χ1v) is 10.8. The molecule has 1 heterocycles. The smallest absolute Gasteiger partial charge is 0.410 e. The largest absolute Gasteiger partial charge is 0.482 e. The Hall–Kier alpha value is -2.25.